The van der Waals surface area contributed by atoms with Crippen molar-refractivity contribution in [3.8, 4) is 0 Å². The molecule has 148 valence electrons. The minimum absolute atomic E-state index is 0.108. The second-order valence-corrected chi connectivity index (χ2v) is 7.87. The van der Waals surface area contributed by atoms with Crippen LogP contribution in [0, 0.1) is 5.92 Å². The van der Waals surface area contributed by atoms with Crippen LogP contribution in [-0.2, 0) is 20.9 Å². The molecule has 0 N–H and O–H groups in total. The van der Waals surface area contributed by atoms with Crippen molar-refractivity contribution in [1.82, 2.24) is 14.7 Å². The van der Waals surface area contributed by atoms with Crippen LogP contribution in [0.3, 0.4) is 0 Å². The van der Waals surface area contributed by atoms with E-state index in [9.17, 15) is 9.59 Å². The lowest BCUT2D eigenvalue weighted by molar-refractivity contribution is -0.138. The van der Waals surface area contributed by atoms with Crippen LogP contribution in [0.1, 0.15) is 24.8 Å². The Morgan fingerprint density at radius 1 is 1.19 bits per heavy atom. The van der Waals surface area contributed by atoms with Gasteiger partial charge in [-0.15, -0.1) is 0 Å². The monoisotopic (exact) mass is 373 g/mol. The van der Waals surface area contributed by atoms with Crippen molar-refractivity contribution in [3.63, 3.8) is 0 Å². The third-order valence-corrected chi connectivity index (χ3v) is 5.46. The number of likely N-dealkylation sites (N-methyl/N-ethyl adjacent to an activating group) is 1. The summed E-state index contributed by atoms with van der Waals surface area (Å²) in [6, 6.07) is 10.2. The van der Waals surface area contributed by atoms with Gasteiger partial charge in [-0.05, 0) is 32.5 Å². The number of nitrogens with zero attached hydrogens (tertiary/aromatic N) is 3. The molecule has 2 aliphatic rings. The summed E-state index contributed by atoms with van der Waals surface area (Å²) in [6.45, 7) is 4.16. The third-order valence-electron chi connectivity index (χ3n) is 5.46. The van der Waals surface area contributed by atoms with Crippen molar-refractivity contribution >= 4 is 11.8 Å². The Balaban J connectivity index is 1.41. The number of carbonyl (C=O) groups is 2. The maximum Gasteiger partial charge on any atom is 0.227 e. The zero-order chi connectivity index (χ0) is 19.2. The smallest absolute Gasteiger partial charge is 0.227 e. The van der Waals surface area contributed by atoms with E-state index in [1.54, 1.807) is 0 Å². The van der Waals surface area contributed by atoms with Gasteiger partial charge in [0.05, 0.1) is 18.6 Å². The lowest BCUT2D eigenvalue weighted by atomic mass is 10.0. The minimum Gasteiger partial charge on any atom is -0.373 e. The molecule has 1 aromatic carbocycles. The Hall–Kier alpha value is -1.92. The van der Waals surface area contributed by atoms with Gasteiger partial charge in [-0.1, -0.05) is 30.3 Å². The maximum absolute atomic E-state index is 12.8. The van der Waals surface area contributed by atoms with Crippen LogP contribution in [0.5, 0.6) is 0 Å². The van der Waals surface area contributed by atoms with Gasteiger partial charge in [0.1, 0.15) is 0 Å². The summed E-state index contributed by atoms with van der Waals surface area (Å²) < 4.78 is 6.01. The Bertz CT molecular complexity index is 627. The number of likely N-dealkylation sites (tertiary alicyclic amines) is 2. The molecular weight excluding hydrogens is 342 g/mol. The Morgan fingerprint density at radius 3 is 2.56 bits per heavy atom. The first-order valence-electron chi connectivity index (χ1n) is 9.89. The van der Waals surface area contributed by atoms with Gasteiger partial charge >= 0.3 is 0 Å². The fourth-order valence-corrected chi connectivity index (χ4v) is 3.76. The second-order valence-electron chi connectivity index (χ2n) is 7.87. The molecule has 27 heavy (non-hydrogen) atoms. The summed E-state index contributed by atoms with van der Waals surface area (Å²) in [6.07, 6.45) is 2.29. The molecule has 0 bridgehead atoms. The van der Waals surface area contributed by atoms with E-state index in [4.69, 9.17) is 4.74 Å². The van der Waals surface area contributed by atoms with Gasteiger partial charge in [-0.25, -0.2) is 0 Å². The number of hydrogen-bond acceptors (Lipinski definition) is 4. The summed E-state index contributed by atoms with van der Waals surface area (Å²) >= 11 is 0. The van der Waals surface area contributed by atoms with E-state index < -0.39 is 0 Å². The standard InChI is InChI=1S/C21H31N3O3/c1-22(2)12-13-24-15-18(14-20(24)25)21(26)23-10-8-19(9-11-23)27-16-17-6-4-3-5-7-17/h3-7,18-19H,8-16H2,1-2H3/t18-/m1/s1. The van der Waals surface area contributed by atoms with Crippen LogP contribution < -0.4 is 0 Å². The Morgan fingerprint density at radius 2 is 1.89 bits per heavy atom. The molecule has 0 aliphatic carbocycles. The van der Waals surface area contributed by atoms with Crippen LogP contribution in [0.15, 0.2) is 30.3 Å². The van der Waals surface area contributed by atoms with Crippen LogP contribution in [0.2, 0.25) is 0 Å². The summed E-state index contributed by atoms with van der Waals surface area (Å²) in [4.78, 5) is 30.8. The van der Waals surface area contributed by atoms with E-state index in [-0.39, 0.29) is 23.8 Å². The van der Waals surface area contributed by atoms with Gasteiger partial charge in [0.15, 0.2) is 0 Å². The first-order chi connectivity index (χ1) is 13.0. The quantitative estimate of drug-likeness (QED) is 0.729. The zero-order valence-electron chi connectivity index (χ0n) is 16.5. The Labute approximate surface area is 162 Å². The number of amides is 2. The van der Waals surface area contributed by atoms with Crippen molar-refractivity contribution in [2.24, 2.45) is 5.92 Å². The first-order valence-corrected chi connectivity index (χ1v) is 9.89. The van der Waals surface area contributed by atoms with Crippen LogP contribution >= 0.6 is 0 Å². The molecule has 6 heteroatoms. The maximum atomic E-state index is 12.8. The number of rotatable bonds is 7. The topological polar surface area (TPSA) is 53.1 Å². The van der Waals surface area contributed by atoms with Crippen molar-refractivity contribution in [1.29, 1.82) is 0 Å². The minimum atomic E-state index is -0.179. The molecule has 3 rings (SSSR count). The number of piperidine rings is 1. The number of benzene rings is 1. The fourth-order valence-electron chi connectivity index (χ4n) is 3.76. The molecule has 2 heterocycles. The SMILES string of the molecule is CN(C)CCN1C[C@H](C(=O)N2CCC(OCc3ccccc3)CC2)CC1=O. The lowest BCUT2D eigenvalue weighted by Gasteiger charge is -2.33. The Kier molecular flexibility index (Phi) is 6.85. The number of hydrogen-bond donors (Lipinski definition) is 0. The first kappa shape index (κ1) is 19.8. The van der Waals surface area contributed by atoms with Gasteiger partial charge in [-0.3, -0.25) is 9.59 Å². The average molecular weight is 373 g/mol. The van der Waals surface area contributed by atoms with Crippen LogP contribution in [-0.4, -0.2) is 79.4 Å². The number of carbonyl (C=O) groups excluding carboxylic acids is 2. The van der Waals surface area contributed by atoms with Gasteiger partial charge in [0, 0.05) is 39.1 Å². The summed E-state index contributed by atoms with van der Waals surface area (Å²) in [5, 5.41) is 0. The van der Waals surface area contributed by atoms with Crippen molar-refractivity contribution in [2.45, 2.75) is 32.0 Å². The molecule has 2 amide bonds. The highest BCUT2D eigenvalue weighted by Gasteiger charge is 2.37. The van der Waals surface area contributed by atoms with E-state index in [1.807, 2.05) is 42.1 Å². The van der Waals surface area contributed by atoms with Crippen molar-refractivity contribution in [3.05, 3.63) is 35.9 Å². The average Bonchev–Trinajstić information content (AvgIpc) is 3.06. The highest BCUT2D eigenvalue weighted by Crippen LogP contribution is 2.23. The fraction of sp³-hybridized carbons (Fsp3) is 0.619. The van der Waals surface area contributed by atoms with E-state index in [0.717, 1.165) is 32.5 Å². The highest BCUT2D eigenvalue weighted by molar-refractivity contribution is 5.89. The second kappa shape index (κ2) is 9.33. The van der Waals surface area contributed by atoms with E-state index in [1.165, 1.54) is 5.56 Å². The molecule has 0 radical (unpaired) electrons. The molecular formula is C21H31N3O3. The molecule has 2 saturated heterocycles. The van der Waals surface area contributed by atoms with E-state index >= 15 is 0 Å². The van der Waals surface area contributed by atoms with Gasteiger partial charge in [-0.2, -0.15) is 0 Å². The predicted octanol–water partition coefficient (Wildman–Crippen LogP) is 1.60. The van der Waals surface area contributed by atoms with Gasteiger partial charge < -0.3 is 19.4 Å². The van der Waals surface area contributed by atoms with Gasteiger partial charge in [0.2, 0.25) is 11.8 Å². The van der Waals surface area contributed by atoms with Gasteiger partial charge in [0.25, 0.3) is 0 Å². The largest absolute Gasteiger partial charge is 0.373 e. The van der Waals surface area contributed by atoms with E-state index in [0.29, 0.717) is 26.1 Å². The molecule has 0 aromatic heterocycles. The molecule has 2 aliphatic heterocycles. The summed E-state index contributed by atoms with van der Waals surface area (Å²) in [5.74, 6) is 0.0648. The van der Waals surface area contributed by atoms with Crippen LogP contribution in [0.25, 0.3) is 0 Å². The molecule has 0 saturated carbocycles. The molecule has 1 aromatic rings. The lowest BCUT2D eigenvalue weighted by Crippen LogP contribution is -2.44. The normalized spacial score (nSPS) is 21.3. The number of ether oxygens (including phenoxy) is 1. The van der Waals surface area contributed by atoms with Crippen molar-refractivity contribution in [2.75, 3.05) is 46.8 Å². The van der Waals surface area contributed by atoms with E-state index in [2.05, 4.69) is 17.0 Å². The summed E-state index contributed by atoms with van der Waals surface area (Å²) in [7, 11) is 3.99. The molecule has 1 atom stereocenters. The third kappa shape index (κ3) is 5.53. The van der Waals surface area contributed by atoms with Crippen molar-refractivity contribution < 1.29 is 14.3 Å². The zero-order valence-corrected chi connectivity index (χ0v) is 16.5. The van der Waals surface area contributed by atoms with Crippen LogP contribution in [0.4, 0.5) is 0 Å². The molecule has 0 spiro atoms. The molecule has 6 nitrogen and oxygen atoms in total. The highest BCUT2D eigenvalue weighted by atomic mass is 16.5. The molecule has 0 unspecified atom stereocenters. The predicted molar refractivity (Wildman–Crippen MR) is 104 cm³/mol. The summed E-state index contributed by atoms with van der Waals surface area (Å²) in [5.41, 5.74) is 1.18. The molecule has 2 fully saturated rings.